The lowest BCUT2D eigenvalue weighted by atomic mass is 9.94. The summed E-state index contributed by atoms with van der Waals surface area (Å²) < 4.78 is 5.72. The minimum absolute atomic E-state index is 0.0311. The number of aryl methyl sites for hydroxylation is 2. The summed E-state index contributed by atoms with van der Waals surface area (Å²) in [5, 5.41) is 18.1. The first-order chi connectivity index (χ1) is 14.6. The Balaban J connectivity index is 2.12. The van der Waals surface area contributed by atoms with Crippen molar-refractivity contribution in [2.75, 3.05) is 27.2 Å². The van der Waals surface area contributed by atoms with Crippen LogP contribution in [0.15, 0.2) is 29.8 Å². The van der Waals surface area contributed by atoms with Gasteiger partial charge in [-0.2, -0.15) is 5.10 Å². The van der Waals surface area contributed by atoms with E-state index in [4.69, 9.17) is 4.74 Å². The first-order valence-electron chi connectivity index (χ1n) is 10.3. The molecule has 0 radical (unpaired) electrons. The Bertz CT molecular complexity index is 986. The van der Waals surface area contributed by atoms with Crippen LogP contribution in [0.1, 0.15) is 42.4 Å². The first-order valence-corrected chi connectivity index (χ1v) is 10.3. The van der Waals surface area contributed by atoms with E-state index in [9.17, 15) is 14.7 Å². The number of ether oxygens (including phenoxy) is 1. The molecule has 1 amide bonds. The maximum Gasteiger partial charge on any atom is 0.295 e. The van der Waals surface area contributed by atoms with E-state index in [-0.39, 0.29) is 17.4 Å². The number of likely N-dealkylation sites (N-methyl/N-ethyl adjacent to an activating group) is 1. The summed E-state index contributed by atoms with van der Waals surface area (Å²) in [5.74, 6) is -0.814. The number of likely N-dealkylation sites (tertiary alicyclic amines) is 1. The minimum atomic E-state index is -0.693. The third-order valence-electron chi connectivity index (χ3n) is 5.26. The lowest BCUT2D eigenvalue weighted by Crippen LogP contribution is -2.35. The van der Waals surface area contributed by atoms with E-state index in [1.54, 1.807) is 13.8 Å². The molecule has 2 N–H and O–H groups in total. The van der Waals surface area contributed by atoms with Gasteiger partial charge < -0.3 is 19.6 Å². The number of benzene rings is 1. The van der Waals surface area contributed by atoms with Gasteiger partial charge in [-0.3, -0.25) is 14.7 Å². The van der Waals surface area contributed by atoms with Gasteiger partial charge in [0.1, 0.15) is 11.5 Å². The molecular weight excluding hydrogens is 396 g/mol. The second-order valence-electron chi connectivity index (χ2n) is 8.34. The highest BCUT2D eigenvalue weighted by Gasteiger charge is 2.46. The van der Waals surface area contributed by atoms with E-state index >= 15 is 0 Å². The van der Waals surface area contributed by atoms with Crippen LogP contribution >= 0.6 is 0 Å². The summed E-state index contributed by atoms with van der Waals surface area (Å²) in [6, 6.07) is 6.60. The van der Waals surface area contributed by atoms with E-state index in [1.807, 2.05) is 57.1 Å². The van der Waals surface area contributed by atoms with Crippen molar-refractivity contribution in [1.82, 2.24) is 20.0 Å². The first kappa shape index (κ1) is 22.6. The standard InChI is InChI=1S/C23H30N4O4/c1-13(2)31-17-9-7-16(8-10-17)20-19(21(28)18-14(3)24-25-15(18)4)22(29)23(30)27(20)12-11-26(5)6/h7-10,13,20,28H,11-12H2,1-6H3,(H,24,25)/b21-19+/t20-/m0/s1. The zero-order valence-corrected chi connectivity index (χ0v) is 18.9. The molecule has 2 aromatic rings. The van der Waals surface area contributed by atoms with Gasteiger partial charge in [0.15, 0.2) is 0 Å². The van der Waals surface area contributed by atoms with Crippen molar-refractivity contribution >= 4 is 17.4 Å². The van der Waals surface area contributed by atoms with Crippen LogP contribution in [-0.4, -0.2) is 70.1 Å². The van der Waals surface area contributed by atoms with Gasteiger partial charge in [-0.1, -0.05) is 12.1 Å². The molecule has 3 rings (SSSR count). The number of ketones is 1. The third-order valence-corrected chi connectivity index (χ3v) is 5.26. The van der Waals surface area contributed by atoms with E-state index < -0.39 is 17.7 Å². The number of carbonyl (C=O) groups is 2. The average molecular weight is 427 g/mol. The van der Waals surface area contributed by atoms with Gasteiger partial charge in [0, 0.05) is 18.8 Å². The number of aliphatic hydroxyl groups is 1. The van der Waals surface area contributed by atoms with Crippen molar-refractivity contribution in [1.29, 1.82) is 0 Å². The molecule has 0 saturated carbocycles. The molecule has 0 bridgehead atoms. The normalized spacial score (nSPS) is 18.5. The molecule has 8 nitrogen and oxygen atoms in total. The zero-order valence-electron chi connectivity index (χ0n) is 18.9. The minimum Gasteiger partial charge on any atom is -0.507 e. The molecule has 1 saturated heterocycles. The SMILES string of the molecule is Cc1n[nH]c(C)c1/C(O)=C1\C(=O)C(=O)N(CCN(C)C)[C@H]1c1ccc(OC(C)C)cc1. The number of aromatic nitrogens is 2. The highest BCUT2D eigenvalue weighted by atomic mass is 16.5. The third kappa shape index (κ3) is 4.49. The van der Waals surface area contributed by atoms with Gasteiger partial charge in [0.25, 0.3) is 11.7 Å². The molecule has 2 heterocycles. The van der Waals surface area contributed by atoms with Crippen LogP contribution in [0.25, 0.3) is 5.76 Å². The van der Waals surface area contributed by atoms with E-state index in [0.717, 1.165) is 5.56 Å². The summed E-state index contributed by atoms with van der Waals surface area (Å²) in [6.45, 7) is 8.34. The molecule has 166 valence electrons. The van der Waals surface area contributed by atoms with E-state index in [0.29, 0.717) is 35.8 Å². The highest BCUT2D eigenvalue weighted by Crippen LogP contribution is 2.40. The summed E-state index contributed by atoms with van der Waals surface area (Å²) in [6.07, 6.45) is 0.0311. The van der Waals surface area contributed by atoms with Crippen LogP contribution in [0, 0.1) is 13.8 Å². The predicted octanol–water partition coefficient (Wildman–Crippen LogP) is 2.80. The van der Waals surface area contributed by atoms with Crippen LogP contribution in [0.4, 0.5) is 0 Å². The summed E-state index contributed by atoms with van der Waals surface area (Å²) >= 11 is 0. The van der Waals surface area contributed by atoms with Gasteiger partial charge in [-0.15, -0.1) is 0 Å². The van der Waals surface area contributed by atoms with Crippen molar-refractivity contribution in [3.63, 3.8) is 0 Å². The molecular formula is C23H30N4O4. The fraction of sp³-hybridized carbons (Fsp3) is 0.435. The van der Waals surface area contributed by atoms with Crippen LogP contribution in [0.3, 0.4) is 0 Å². The maximum atomic E-state index is 13.0. The van der Waals surface area contributed by atoms with Crippen LogP contribution in [-0.2, 0) is 9.59 Å². The largest absolute Gasteiger partial charge is 0.507 e. The van der Waals surface area contributed by atoms with Gasteiger partial charge in [0.05, 0.1) is 29.0 Å². The molecule has 31 heavy (non-hydrogen) atoms. The highest BCUT2D eigenvalue weighted by molar-refractivity contribution is 6.46. The van der Waals surface area contributed by atoms with Crippen LogP contribution in [0.5, 0.6) is 5.75 Å². The van der Waals surface area contributed by atoms with Gasteiger partial charge in [0.2, 0.25) is 0 Å². The van der Waals surface area contributed by atoms with Gasteiger partial charge >= 0.3 is 0 Å². The lowest BCUT2D eigenvalue weighted by Gasteiger charge is -2.26. The van der Waals surface area contributed by atoms with E-state index in [2.05, 4.69) is 10.2 Å². The fourth-order valence-corrected chi connectivity index (χ4v) is 3.80. The second kappa shape index (κ2) is 8.93. The number of nitrogens with one attached hydrogen (secondary N) is 1. The average Bonchev–Trinajstić information content (AvgIpc) is 3.16. The molecule has 0 spiro atoms. The number of carbonyl (C=O) groups excluding carboxylic acids is 2. The summed E-state index contributed by atoms with van der Waals surface area (Å²) in [4.78, 5) is 29.4. The number of aromatic amines is 1. The van der Waals surface area contributed by atoms with Crippen molar-refractivity contribution in [3.05, 3.63) is 52.4 Å². The number of hydrogen-bond acceptors (Lipinski definition) is 6. The van der Waals surface area contributed by atoms with Gasteiger partial charge in [-0.05, 0) is 59.5 Å². The number of aliphatic hydroxyl groups excluding tert-OH is 1. The van der Waals surface area contributed by atoms with Crippen LogP contribution in [0.2, 0.25) is 0 Å². The Hall–Kier alpha value is -3.13. The molecule has 1 aliphatic heterocycles. The second-order valence-corrected chi connectivity index (χ2v) is 8.34. The Kier molecular flexibility index (Phi) is 6.50. The van der Waals surface area contributed by atoms with Crippen LogP contribution < -0.4 is 4.74 Å². The maximum absolute atomic E-state index is 13.0. The van der Waals surface area contributed by atoms with E-state index in [1.165, 1.54) is 4.90 Å². The van der Waals surface area contributed by atoms with Crippen molar-refractivity contribution in [2.45, 2.75) is 39.8 Å². The van der Waals surface area contributed by atoms with Crippen molar-refractivity contribution in [3.8, 4) is 5.75 Å². The number of Topliss-reactive ketones (excluding diaryl/α,β-unsaturated/α-hetero) is 1. The Morgan fingerprint density at radius 2 is 1.87 bits per heavy atom. The van der Waals surface area contributed by atoms with Crippen molar-refractivity contribution in [2.24, 2.45) is 0 Å². The molecule has 1 atom stereocenters. The monoisotopic (exact) mass is 426 g/mol. The molecule has 8 heteroatoms. The fourth-order valence-electron chi connectivity index (χ4n) is 3.80. The molecule has 0 unspecified atom stereocenters. The zero-order chi connectivity index (χ0) is 22.9. The number of nitrogens with zero attached hydrogens (tertiary/aromatic N) is 3. The number of rotatable bonds is 7. The molecule has 1 aromatic heterocycles. The number of hydrogen-bond donors (Lipinski definition) is 2. The quantitative estimate of drug-likeness (QED) is 0.401. The lowest BCUT2D eigenvalue weighted by molar-refractivity contribution is -0.140. The molecule has 1 aromatic carbocycles. The molecule has 0 aliphatic carbocycles. The topological polar surface area (TPSA) is 98.8 Å². The predicted molar refractivity (Wildman–Crippen MR) is 118 cm³/mol. The summed E-state index contributed by atoms with van der Waals surface area (Å²) in [7, 11) is 3.81. The number of H-pyrrole nitrogens is 1. The van der Waals surface area contributed by atoms with Crippen molar-refractivity contribution < 1.29 is 19.4 Å². The smallest absolute Gasteiger partial charge is 0.295 e. The molecule has 1 aliphatic rings. The Morgan fingerprint density at radius 1 is 1.23 bits per heavy atom. The van der Waals surface area contributed by atoms with Gasteiger partial charge in [-0.25, -0.2) is 0 Å². The summed E-state index contributed by atoms with van der Waals surface area (Å²) in [5.41, 5.74) is 2.46. The Labute approximate surface area is 182 Å². The number of amides is 1. The Morgan fingerprint density at radius 3 is 2.39 bits per heavy atom. The molecule has 1 fully saturated rings.